The van der Waals surface area contributed by atoms with Crippen LogP contribution >= 0.6 is 23.1 Å². The van der Waals surface area contributed by atoms with E-state index in [1.165, 1.54) is 11.3 Å². The third-order valence-corrected chi connectivity index (χ3v) is 5.28. The normalized spacial score (nSPS) is 13.3. The van der Waals surface area contributed by atoms with Gasteiger partial charge in [-0.25, -0.2) is 4.98 Å². The molecule has 9 heteroatoms. The highest BCUT2D eigenvalue weighted by Gasteiger charge is 2.16. The van der Waals surface area contributed by atoms with Crippen molar-refractivity contribution < 1.29 is 14.3 Å². The second-order valence-corrected chi connectivity index (χ2v) is 6.96. The molecule has 0 bridgehead atoms. The molecule has 25 heavy (non-hydrogen) atoms. The molecule has 0 spiro atoms. The zero-order valence-corrected chi connectivity index (χ0v) is 14.3. The predicted octanol–water partition coefficient (Wildman–Crippen LogP) is 3.32. The number of benzene rings is 2. The molecule has 0 radical (unpaired) electrons. The van der Waals surface area contributed by atoms with E-state index in [2.05, 4.69) is 19.0 Å². The van der Waals surface area contributed by atoms with Gasteiger partial charge in [0.05, 0.1) is 21.9 Å². The lowest BCUT2D eigenvalue weighted by Gasteiger charge is -2.17. The Kier molecular flexibility index (Phi) is 3.28. The molecule has 1 N–H and O–H groups in total. The van der Waals surface area contributed by atoms with Gasteiger partial charge in [0.15, 0.2) is 16.6 Å². The molecule has 0 aliphatic carbocycles. The molecule has 0 saturated heterocycles. The molecule has 0 fully saturated rings. The predicted molar refractivity (Wildman–Crippen MR) is 96.0 cm³/mol. The molecular formula is C16H10N4O3S2. The zero-order chi connectivity index (χ0) is 16.8. The average Bonchev–Trinajstić information content (AvgIpc) is 3.24. The molecule has 1 amide bonds. The number of thiazole rings is 1. The Morgan fingerprint density at radius 3 is 2.68 bits per heavy atom. The second-order valence-electron chi connectivity index (χ2n) is 5.40. The molecule has 2 aromatic carbocycles. The number of carbonyl (C=O) groups is 1. The number of carbonyl (C=O) groups excluding carboxylic acids is 1. The van der Waals surface area contributed by atoms with E-state index in [0.29, 0.717) is 40.9 Å². The molecule has 0 atom stereocenters. The smallest absolute Gasteiger partial charge is 0.257 e. The molecule has 1 aliphatic heterocycles. The highest BCUT2D eigenvalue weighted by Crippen LogP contribution is 2.37. The summed E-state index contributed by atoms with van der Waals surface area (Å²) >= 11 is 2.52. The zero-order valence-electron chi connectivity index (χ0n) is 12.7. The summed E-state index contributed by atoms with van der Waals surface area (Å²) in [5.74, 6) is 1.16. The number of hydrogen-bond donors (Lipinski definition) is 1. The van der Waals surface area contributed by atoms with Gasteiger partial charge in [0, 0.05) is 17.7 Å². The number of nitrogens with one attached hydrogen (secondary N) is 1. The van der Waals surface area contributed by atoms with Crippen LogP contribution in [0.15, 0.2) is 30.3 Å². The van der Waals surface area contributed by atoms with Crippen molar-refractivity contribution in [2.45, 2.75) is 0 Å². The van der Waals surface area contributed by atoms with Crippen molar-refractivity contribution >= 4 is 55.4 Å². The molecule has 0 saturated carbocycles. The van der Waals surface area contributed by atoms with Crippen LogP contribution in [-0.2, 0) is 0 Å². The van der Waals surface area contributed by atoms with Gasteiger partial charge in [-0.2, -0.15) is 8.75 Å². The summed E-state index contributed by atoms with van der Waals surface area (Å²) in [7, 11) is 0. The fraction of sp³-hybridized carbons (Fsp3) is 0.125. The van der Waals surface area contributed by atoms with E-state index in [9.17, 15) is 4.79 Å². The number of ether oxygens (including phenoxy) is 2. The standard InChI is InChI=1S/C16H10N4O3S2/c21-15(8-1-2-9-10(5-8)20-25-19-9)18-16-17-11-6-12-13(7-14(11)24-16)23-4-3-22-12/h1-2,5-7H,3-4H2,(H,17,18,21). The first-order valence-electron chi connectivity index (χ1n) is 7.50. The summed E-state index contributed by atoms with van der Waals surface area (Å²) in [4.78, 5) is 16.9. The van der Waals surface area contributed by atoms with Crippen LogP contribution in [0.1, 0.15) is 10.4 Å². The van der Waals surface area contributed by atoms with Gasteiger partial charge < -0.3 is 9.47 Å². The molecule has 0 unspecified atom stereocenters. The van der Waals surface area contributed by atoms with E-state index in [0.717, 1.165) is 27.5 Å². The fourth-order valence-corrected chi connectivity index (χ4v) is 4.00. The minimum absolute atomic E-state index is 0.230. The average molecular weight is 370 g/mol. The minimum atomic E-state index is -0.230. The van der Waals surface area contributed by atoms with Crippen molar-refractivity contribution in [1.29, 1.82) is 0 Å². The summed E-state index contributed by atoms with van der Waals surface area (Å²) in [6.07, 6.45) is 0. The van der Waals surface area contributed by atoms with Gasteiger partial charge in [-0.1, -0.05) is 11.3 Å². The largest absolute Gasteiger partial charge is 0.486 e. The van der Waals surface area contributed by atoms with Crippen molar-refractivity contribution in [3.8, 4) is 11.5 Å². The Labute approximate surface area is 149 Å². The summed E-state index contributed by atoms with van der Waals surface area (Å²) in [5, 5.41) is 3.36. The lowest BCUT2D eigenvalue weighted by Crippen LogP contribution is -2.15. The molecule has 1 aliphatic rings. The van der Waals surface area contributed by atoms with Crippen LogP contribution in [0.4, 0.5) is 5.13 Å². The first kappa shape index (κ1) is 14.6. The minimum Gasteiger partial charge on any atom is -0.486 e. The van der Waals surface area contributed by atoms with Crippen LogP contribution in [0.5, 0.6) is 11.5 Å². The molecule has 5 rings (SSSR count). The Balaban J connectivity index is 1.45. The Morgan fingerprint density at radius 2 is 1.80 bits per heavy atom. The highest BCUT2D eigenvalue weighted by molar-refractivity contribution is 7.22. The number of nitrogens with zero attached hydrogens (tertiary/aromatic N) is 3. The van der Waals surface area contributed by atoms with Crippen molar-refractivity contribution in [2.75, 3.05) is 18.5 Å². The van der Waals surface area contributed by atoms with Gasteiger partial charge in [0.2, 0.25) is 0 Å². The maximum atomic E-state index is 12.5. The van der Waals surface area contributed by atoms with Gasteiger partial charge in [0.25, 0.3) is 5.91 Å². The fourth-order valence-electron chi connectivity index (χ4n) is 2.61. The van der Waals surface area contributed by atoms with Crippen LogP contribution in [0.25, 0.3) is 21.3 Å². The van der Waals surface area contributed by atoms with Crippen molar-refractivity contribution in [1.82, 2.24) is 13.7 Å². The number of fused-ring (bicyclic) bond motifs is 3. The maximum absolute atomic E-state index is 12.5. The molecule has 4 aromatic rings. The topological polar surface area (TPSA) is 86.2 Å². The summed E-state index contributed by atoms with van der Waals surface area (Å²) in [6.45, 7) is 1.06. The highest BCUT2D eigenvalue weighted by atomic mass is 32.1. The molecule has 2 aromatic heterocycles. The molecule has 7 nitrogen and oxygen atoms in total. The van der Waals surface area contributed by atoms with Crippen LogP contribution in [0.3, 0.4) is 0 Å². The quantitative estimate of drug-likeness (QED) is 0.582. The Hall–Kier alpha value is -2.78. The molecular weight excluding hydrogens is 360 g/mol. The summed E-state index contributed by atoms with van der Waals surface area (Å²) in [6, 6.07) is 8.97. The third kappa shape index (κ3) is 2.57. The van der Waals surface area contributed by atoms with Gasteiger partial charge in [0.1, 0.15) is 24.2 Å². The number of rotatable bonds is 2. The number of amides is 1. The Bertz CT molecular complexity index is 1080. The monoisotopic (exact) mass is 370 g/mol. The van der Waals surface area contributed by atoms with Gasteiger partial charge in [-0.3, -0.25) is 10.1 Å². The number of aromatic nitrogens is 3. The van der Waals surface area contributed by atoms with E-state index in [4.69, 9.17) is 9.47 Å². The van der Waals surface area contributed by atoms with E-state index < -0.39 is 0 Å². The van der Waals surface area contributed by atoms with Crippen LogP contribution in [0, 0.1) is 0 Å². The van der Waals surface area contributed by atoms with Crippen LogP contribution in [0.2, 0.25) is 0 Å². The summed E-state index contributed by atoms with van der Waals surface area (Å²) < 4.78 is 20.4. The number of anilines is 1. The lowest BCUT2D eigenvalue weighted by atomic mass is 10.2. The van der Waals surface area contributed by atoms with E-state index in [1.54, 1.807) is 18.2 Å². The SMILES string of the molecule is O=C(Nc1nc2cc3c(cc2s1)OCCO3)c1ccc2nsnc2c1. The number of hydrogen-bond acceptors (Lipinski definition) is 8. The van der Waals surface area contributed by atoms with Crippen LogP contribution in [-0.4, -0.2) is 32.9 Å². The maximum Gasteiger partial charge on any atom is 0.257 e. The van der Waals surface area contributed by atoms with E-state index >= 15 is 0 Å². The van der Waals surface area contributed by atoms with Crippen molar-refractivity contribution in [3.05, 3.63) is 35.9 Å². The second kappa shape index (κ2) is 5.64. The first-order chi connectivity index (χ1) is 12.3. The third-order valence-electron chi connectivity index (χ3n) is 3.79. The van der Waals surface area contributed by atoms with Gasteiger partial charge >= 0.3 is 0 Å². The summed E-state index contributed by atoms with van der Waals surface area (Å²) in [5.41, 5.74) is 2.78. The molecule has 124 valence electrons. The van der Waals surface area contributed by atoms with Gasteiger partial charge in [-0.05, 0) is 18.2 Å². The first-order valence-corrected chi connectivity index (χ1v) is 9.05. The molecule has 3 heterocycles. The van der Waals surface area contributed by atoms with Crippen molar-refractivity contribution in [3.63, 3.8) is 0 Å². The van der Waals surface area contributed by atoms with E-state index in [-0.39, 0.29) is 5.91 Å². The van der Waals surface area contributed by atoms with E-state index in [1.807, 2.05) is 12.1 Å². The van der Waals surface area contributed by atoms with Crippen LogP contribution < -0.4 is 14.8 Å². The van der Waals surface area contributed by atoms with Crippen molar-refractivity contribution in [2.24, 2.45) is 0 Å². The lowest BCUT2D eigenvalue weighted by molar-refractivity contribution is 0.102. The van der Waals surface area contributed by atoms with Gasteiger partial charge in [-0.15, -0.1) is 0 Å². The Morgan fingerprint density at radius 1 is 1.00 bits per heavy atom.